The summed E-state index contributed by atoms with van der Waals surface area (Å²) in [5, 5.41) is 14.9. The van der Waals surface area contributed by atoms with Gasteiger partial charge in [0, 0.05) is 17.2 Å². The monoisotopic (exact) mass is 331 g/mol. The van der Waals surface area contributed by atoms with Crippen molar-refractivity contribution >= 4 is 17.3 Å². The molecule has 24 heavy (non-hydrogen) atoms. The van der Waals surface area contributed by atoms with Crippen LogP contribution in [0.4, 0.5) is 10.1 Å². The second kappa shape index (κ2) is 7.32. The van der Waals surface area contributed by atoms with Crippen LogP contribution in [0.15, 0.2) is 47.6 Å². The topological polar surface area (TPSA) is 93.8 Å². The van der Waals surface area contributed by atoms with E-state index in [1.807, 2.05) is 0 Å². The Bertz CT molecular complexity index is 821. The van der Waals surface area contributed by atoms with E-state index < -0.39 is 16.6 Å². The molecule has 0 fully saturated rings. The van der Waals surface area contributed by atoms with E-state index in [9.17, 15) is 19.3 Å². The van der Waals surface area contributed by atoms with E-state index in [1.165, 1.54) is 37.4 Å². The fraction of sp³-hybridized carbons (Fsp3) is 0.125. The molecule has 1 N–H and O–H groups in total. The first-order valence-corrected chi connectivity index (χ1v) is 6.85. The molecule has 0 saturated heterocycles. The number of hydrazone groups is 1. The van der Waals surface area contributed by atoms with Gasteiger partial charge < -0.3 is 4.74 Å². The molecule has 0 bridgehead atoms. The molecule has 0 aliphatic carbocycles. The molecule has 2 rings (SSSR count). The fourth-order valence-corrected chi connectivity index (χ4v) is 1.95. The Balaban J connectivity index is 2.20. The first-order chi connectivity index (χ1) is 11.4. The molecule has 0 aliphatic rings. The van der Waals surface area contributed by atoms with Gasteiger partial charge in [0.2, 0.25) is 0 Å². The molecule has 0 atom stereocenters. The SMILES string of the molecule is COc1ccc(C(C)=NNC(=O)c2cccc(F)c2)cc1[N+](=O)[O-]. The Labute approximate surface area is 136 Å². The maximum Gasteiger partial charge on any atom is 0.311 e. The predicted molar refractivity (Wildman–Crippen MR) is 85.7 cm³/mol. The van der Waals surface area contributed by atoms with Crippen molar-refractivity contribution in [2.45, 2.75) is 6.92 Å². The van der Waals surface area contributed by atoms with Gasteiger partial charge in [-0.2, -0.15) is 5.10 Å². The van der Waals surface area contributed by atoms with Crippen molar-refractivity contribution in [2.24, 2.45) is 5.10 Å². The zero-order valence-electron chi connectivity index (χ0n) is 12.9. The molecule has 0 saturated carbocycles. The van der Waals surface area contributed by atoms with Crippen LogP contribution in [-0.2, 0) is 0 Å². The van der Waals surface area contributed by atoms with Gasteiger partial charge in [-0.05, 0) is 37.3 Å². The molecule has 2 aromatic carbocycles. The Morgan fingerprint density at radius 2 is 2.00 bits per heavy atom. The van der Waals surface area contributed by atoms with Gasteiger partial charge in [-0.3, -0.25) is 14.9 Å². The molecule has 0 aliphatic heterocycles. The summed E-state index contributed by atoms with van der Waals surface area (Å²) in [5.74, 6) is -0.994. The third-order valence-electron chi connectivity index (χ3n) is 3.21. The number of carbonyl (C=O) groups is 1. The first kappa shape index (κ1) is 17.1. The van der Waals surface area contributed by atoms with Crippen LogP contribution in [0.2, 0.25) is 0 Å². The second-order valence-electron chi connectivity index (χ2n) is 4.79. The average Bonchev–Trinajstić information content (AvgIpc) is 2.58. The van der Waals surface area contributed by atoms with Crippen LogP contribution in [0.25, 0.3) is 0 Å². The minimum absolute atomic E-state index is 0.118. The minimum atomic E-state index is -0.586. The lowest BCUT2D eigenvalue weighted by Crippen LogP contribution is -2.19. The molecule has 7 nitrogen and oxygen atoms in total. The largest absolute Gasteiger partial charge is 0.490 e. The maximum absolute atomic E-state index is 13.1. The molecule has 8 heteroatoms. The Morgan fingerprint density at radius 1 is 1.25 bits per heavy atom. The number of carbonyl (C=O) groups excluding carboxylic acids is 1. The van der Waals surface area contributed by atoms with Gasteiger partial charge in [0.15, 0.2) is 5.75 Å². The van der Waals surface area contributed by atoms with Crippen LogP contribution in [-0.4, -0.2) is 23.7 Å². The highest BCUT2D eigenvalue weighted by molar-refractivity contribution is 6.01. The Morgan fingerprint density at radius 3 is 2.62 bits per heavy atom. The van der Waals surface area contributed by atoms with E-state index in [0.29, 0.717) is 11.3 Å². The van der Waals surface area contributed by atoms with Crippen LogP contribution in [0.3, 0.4) is 0 Å². The van der Waals surface area contributed by atoms with E-state index in [4.69, 9.17) is 4.74 Å². The summed E-state index contributed by atoms with van der Waals surface area (Å²) < 4.78 is 18.0. The predicted octanol–water partition coefficient (Wildman–Crippen LogP) is 2.90. The zero-order chi connectivity index (χ0) is 17.7. The number of rotatable bonds is 5. The van der Waals surface area contributed by atoms with Gasteiger partial charge in [0.1, 0.15) is 5.82 Å². The van der Waals surface area contributed by atoms with Crippen LogP contribution in [0, 0.1) is 15.9 Å². The Kier molecular flexibility index (Phi) is 5.20. The number of hydrogen-bond acceptors (Lipinski definition) is 5. The number of nitrogens with zero attached hydrogens (tertiary/aromatic N) is 2. The summed E-state index contributed by atoms with van der Waals surface area (Å²) >= 11 is 0. The van der Waals surface area contributed by atoms with Crippen LogP contribution >= 0.6 is 0 Å². The summed E-state index contributed by atoms with van der Waals surface area (Å²) in [7, 11) is 1.34. The van der Waals surface area contributed by atoms with Crippen molar-refractivity contribution in [2.75, 3.05) is 7.11 Å². The third-order valence-corrected chi connectivity index (χ3v) is 3.21. The summed E-state index contributed by atoms with van der Waals surface area (Å²) in [5.41, 5.74) is 2.99. The lowest BCUT2D eigenvalue weighted by atomic mass is 10.1. The molecule has 0 unspecified atom stereocenters. The van der Waals surface area contributed by atoms with E-state index in [2.05, 4.69) is 10.5 Å². The number of amides is 1. The molecule has 1 amide bonds. The molecule has 124 valence electrons. The van der Waals surface area contributed by atoms with Gasteiger partial charge in [0.05, 0.1) is 17.7 Å². The number of methoxy groups -OCH3 is 1. The van der Waals surface area contributed by atoms with E-state index >= 15 is 0 Å². The number of hydrogen-bond donors (Lipinski definition) is 1. The van der Waals surface area contributed by atoms with E-state index in [0.717, 1.165) is 6.07 Å². The average molecular weight is 331 g/mol. The normalized spacial score (nSPS) is 11.0. The smallest absolute Gasteiger partial charge is 0.311 e. The van der Waals surface area contributed by atoms with Crippen molar-refractivity contribution in [3.8, 4) is 5.75 Å². The van der Waals surface area contributed by atoms with Crippen molar-refractivity contribution in [1.82, 2.24) is 5.43 Å². The van der Waals surface area contributed by atoms with Crippen molar-refractivity contribution in [1.29, 1.82) is 0 Å². The summed E-state index contributed by atoms with van der Waals surface area (Å²) in [6, 6.07) is 9.49. The summed E-state index contributed by atoms with van der Waals surface area (Å²) in [6.45, 7) is 1.58. The molecule has 0 heterocycles. The van der Waals surface area contributed by atoms with Gasteiger partial charge in [0.25, 0.3) is 5.91 Å². The number of nitro groups is 1. The molecular formula is C16H14FN3O4. The number of ether oxygens (including phenoxy) is 1. The molecule has 2 aromatic rings. The molecule has 0 spiro atoms. The quantitative estimate of drug-likeness (QED) is 0.518. The lowest BCUT2D eigenvalue weighted by Gasteiger charge is -2.06. The lowest BCUT2D eigenvalue weighted by molar-refractivity contribution is -0.385. The minimum Gasteiger partial charge on any atom is -0.490 e. The third kappa shape index (κ3) is 3.92. The van der Waals surface area contributed by atoms with Gasteiger partial charge in [-0.1, -0.05) is 6.07 Å². The standard InChI is InChI=1S/C16H14FN3O4/c1-10(11-6-7-15(24-2)14(9-11)20(22)23)18-19-16(21)12-4-3-5-13(17)8-12/h3-9H,1-2H3,(H,19,21). The van der Waals surface area contributed by atoms with Crippen LogP contribution in [0.1, 0.15) is 22.8 Å². The van der Waals surface area contributed by atoms with Crippen molar-refractivity contribution < 1.29 is 18.8 Å². The van der Waals surface area contributed by atoms with E-state index in [-0.39, 0.29) is 17.0 Å². The van der Waals surface area contributed by atoms with Crippen LogP contribution < -0.4 is 10.2 Å². The number of benzene rings is 2. The maximum atomic E-state index is 13.1. The summed E-state index contributed by atoms with van der Waals surface area (Å²) in [4.78, 5) is 22.3. The number of nitrogens with one attached hydrogen (secondary N) is 1. The number of halogens is 1. The number of nitro benzene ring substituents is 1. The molecule has 0 aromatic heterocycles. The van der Waals surface area contributed by atoms with Gasteiger partial charge >= 0.3 is 5.69 Å². The van der Waals surface area contributed by atoms with Gasteiger partial charge in [-0.25, -0.2) is 9.82 Å². The Hall–Kier alpha value is -3.29. The highest BCUT2D eigenvalue weighted by atomic mass is 19.1. The molecule has 0 radical (unpaired) electrons. The van der Waals surface area contributed by atoms with Crippen LogP contribution in [0.5, 0.6) is 5.75 Å². The highest BCUT2D eigenvalue weighted by Gasteiger charge is 2.16. The van der Waals surface area contributed by atoms with Crippen molar-refractivity contribution in [3.63, 3.8) is 0 Å². The second-order valence-corrected chi connectivity index (χ2v) is 4.79. The molecular weight excluding hydrogens is 317 g/mol. The fourth-order valence-electron chi connectivity index (χ4n) is 1.95. The van der Waals surface area contributed by atoms with Crippen molar-refractivity contribution in [3.05, 3.63) is 69.5 Å². The zero-order valence-corrected chi connectivity index (χ0v) is 12.9. The highest BCUT2D eigenvalue weighted by Crippen LogP contribution is 2.27. The summed E-state index contributed by atoms with van der Waals surface area (Å²) in [6.07, 6.45) is 0. The van der Waals surface area contributed by atoms with Gasteiger partial charge in [-0.15, -0.1) is 0 Å². The van der Waals surface area contributed by atoms with E-state index in [1.54, 1.807) is 13.0 Å². The first-order valence-electron chi connectivity index (χ1n) is 6.85.